The van der Waals surface area contributed by atoms with Gasteiger partial charge in [0.25, 0.3) is 5.88 Å². The standard InChI is InChI=1S/C26H34ClN7O4/c1-5-6-7-13-38-24-20(37-4)14-29-25(30-24)34-12-8-11-32(26(34)36)15-18-9-10-28-23-22(18)19(27)16-33(23)17-21(35)31(2)3/h9-10,14,16H,5-8,11-13,15,17H2,1-4H3. The number of hydrogen-bond acceptors (Lipinski definition) is 7. The van der Waals surface area contributed by atoms with Gasteiger partial charge in [-0.25, -0.2) is 14.8 Å². The number of unbranched alkanes of at least 4 members (excludes halogenated alkanes) is 2. The molecule has 1 aliphatic heterocycles. The Labute approximate surface area is 227 Å². The van der Waals surface area contributed by atoms with Crippen LogP contribution in [0.25, 0.3) is 11.0 Å². The van der Waals surface area contributed by atoms with Crippen LogP contribution in [0.2, 0.25) is 5.02 Å². The first kappa shape index (κ1) is 27.4. The van der Waals surface area contributed by atoms with Crippen LogP contribution in [-0.2, 0) is 17.9 Å². The van der Waals surface area contributed by atoms with Crippen LogP contribution in [-0.4, -0.2) is 82.2 Å². The molecule has 0 saturated carbocycles. The number of pyridine rings is 1. The Bertz CT molecular complexity index is 1300. The van der Waals surface area contributed by atoms with Gasteiger partial charge in [0.1, 0.15) is 12.2 Å². The molecule has 3 amide bonds. The van der Waals surface area contributed by atoms with E-state index in [2.05, 4.69) is 21.9 Å². The highest BCUT2D eigenvalue weighted by Gasteiger charge is 2.30. The van der Waals surface area contributed by atoms with Crippen molar-refractivity contribution in [1.82, 2.24) is 29.3 Å². The molecule has 3 aromatic heterocycles. The van der Waals surface area contributed by atoms with E-state index in [4.69, 9.17) is 21.1 Å². The second-order valence-electron chi connectivity index (χ2n) is 9.37. The average molecular weight is 544 g/mol. The Kier molecular flexibility index (Phi) is 8.88. The maximum absolute atomic E-state index is 13.5. The van der Waals surface area contributed by atoms with Gasteiger partial charge in [0.15, 0.2) is 5.75 Å². The minimum absolute atomic E-state index is 0.0687. The van der Waals surface area contributed by atoms with Gasteiger partial charge in [0.05, 0.1) is 24.9 Å². The van der Waals surface area contributed by atoms with E-state index >= 15 is 0 Å². The van der Waals surface area contributed by atoms with Crippen molar-refractivity contribution in [3.05, 3.63) is 35.2 Å². The van der Waals surface area contributed by atoms with Crippen molar-refractivity contribution in [2.45, 2.75) is 45.7 Å². The van der Waals surface area contributed by atoms with Crippen LogP contribution in [0.3, 0.4) is 0 Å². The highest BCUT2D eigenvalue weighted by atomic mass is 35.5. The molecule has 0 N–H and O–H groups in total. The molecule has 204 valence electrons. The number of ether oxygens (including phenoxy) is 2. The van der Waals surface area contributed by atoms with Gasteiger partial charge in [-0.2, -0.15) is 4.98 Å². The molecule has 0 aliphatic carbocycles. The molecule has 3 aromatic rings. The van der Waals surface area contributed by atoms with Crippen LogP contribution in [0.1, 0.15) is 38.2 Å². The molecular weight excluding hydrogens is 510 g/mol. The average Bonchev–Trinajstić information content (AvgIpc) is 3.23. The minimum atomic E-state index is -0.207. The van der Waals surface area contributed by atoms with Gasteiger partial charge >= 0.3 is 6.03 Å². The van der Waals surface area contributed by atoms with Gasteiger partial charge in [-0.15, -0.1) is 0 Å². The van der Waals surface area contributed by atoms with Crippen LogP contribution < -0.4 is 14.4 Å². The van der Waals surface area contributed by atoms with Gasteiger partial charge in [-0.05, 0) is 24.5 Å². The van der Waals surface area contributed by atoms with Crippen LogP contribution in [0.4, 0.5) is 10.7 Å². The number of aromatic nitrogens is 4. The second kappa shape index (κ2) is 12.3. The zero-order valence-corrected chi connectivity index (χ0v) is 23.1. The predicted octanol–water partition coefficient (Wildman–Crippen LogP) is 3.98. The number of rotatable bonds is 11. The van der Waals surface area contributed by atoms with Crippen LogP contribution >= 0.6 is 11.6 Å². The van der Waals surface area contributed by atoms with E-state index in [1.807, 2.05) is 6.07 Å². The Morgan fingerprint density at radius 3 is 2.76 bits per heavy atom. The molecule has 0 atom stereocenters. The first-order valence-corrected chi connectivity index (χ1v) is 13.1. The van der Waals surface area contributed by atoms with E-state index in [9.17, 15) is 9.59 Å². The Balaban J connectivity index is 1.55. The topological polar surface area (TPSA) is 106 Å². The lowest BCUT2D eigenvalue weighted by Crippen LogP contribution is -2.49. The third-order valence-corrected chi connectivity index (χ3v) is 6.72. The van der Waals surface area contributed by atoms with Gasteiger partial charge < -0.3 is 23.8 Å². The third-order valence-electron chi connectivity index (χ3n) is 6.43. The first-order chi connectivity index (χ1) is 18.3. The summed E-state index contributed by atoms with van der Waals surface area (Å²) in [5, 5.41) is 1.22. The summed E-state index contributed by atoms with van der Waals surface area (Å²) in [7, 11) is 4.95. The Morgan fingerprint density at radius 2 is 2.03 bits per heavy atom. The molecule has 1 saturated heterocycles. The van der Waals surface area contributed by atoms with E-state index in [1.165, 1.54) is 18.2 Å². The van der Waals surface area contributed by atoms with Gasteiger partial charge in [0.2, 0.25) is 11.9 Å². The number of carbonyl (C=O) groups is 2. The molecule has 4 rings (SSSR count). The van der Waals surface area contributed by atoms with Crippen LogP contribution in [0.5, 0.6) is 11.6 Å². The summed E-state index contributed by atoms with van der Waals surface area (Å²) in [4.78, 5) is 44.0. The molecule has 0 bridgehead atoms. The molecule has 1 fully saturated rings. The quantitative estimate of drug-likeness (QED) is 0.337. The van der Waals surface area contributed by atoms with Crippen LogP contribution in [0.15, 0.2) is 24.7 Å². The smallest absolute Gasteiger partial charge is 0.327 e. The minimum Gasteiger partial charge on any atom is -0.490 e. The molecule has 0 radical (unpaired) electrons. The molecule has 11 nitrogen and oxygen atoms in total. The lowest BCUT2D eigenvalue weighted by Gasteiger charge is -2.34. The van der Waals surface area contributed by atoms with Crippen molar-refractivity contribution in [3.8, 4) is 11.6 Å². The summed E-state index contributed by atoms with van der Waals surface area (Å²) in [6, 6.07) is 1.65. The summed E-state index contributed by atoms with van der Waals surface area (Å²) < 4.78 is 12.9. The zero-order chi connectivity index (χ0) is 27.2. The summed E-state index contributed by atoms with van der Waals surface area (Å²) in [5.74, 6) is 0.963. The van der Waals surface area contributed by atoms with Crippen molar-refractivity contribution >= 4 is 40.5 Å². The Hall–Kier alpha value is -3.60. The summed E-state index contributed by atoms with van der Waals surface area (Å²) in [6.45, 7) is 4.17. The number of fused-ring (bicyclic) bond motifs is 1. The van der Waals surface area contributed by atoms with Crippen molar-refractivity contribution in [2.75, 3.05) is 45.8 Å². The number of urea groups is 1. The molecule has 0 aromatic carbocycles. The Morgan fingerprint density at radius 1 is 1.21 bits per heavy atom. The highest BCUT2D eigenvalue weighted by molar-refractivity contribution is 6.35. The first-order valence-electron chi connectivity index (χ1n) is 12.8. The molecule has 4 heterocycles. The van der Waals surface area contributed by atoms with Crippen molar-refractivity contribution < 1.29 is 19.1 Å². The molecule has 12 heteroatoms. The summed E-state index contributed by atoms with van der Waals surface area (Å²) in [6.07, 6.45) is 8.71. The fourth-order valence-corrected chi connectivity index (χ4v) is 4.65. The van der Waals surface area contributed by atoms with E-state index in [1.54, 1.807) is 40.9 Å². The fourth-order valence-electron chi connectivity index (χ4n) is 4.33. The van der Waals surface area contributed by atoms with Crippen molar-refractivity contribution in [2.24, 2.45) is 0 Å². The van der Waals surface area contributed by atoms with E-state index in [-0.39, 0.29) is 24.4 Å². The van der Waals surface area contributed by atoms with E-state index in [0.29, 0.717) is 48.5 Å². The maximum atomic E-state index is 13.5. The number of nitrogens with zero attached hydrogens (tertiary/aromatic N) is 7. The number of carbonyl (C=O) groups excluding carboxylic acids is 2. The lowest BCUT2D eigenvalue weighted by atomic mass is 10.1. The zero-order valence-electron chi connectivity index (χ0n) is 22.3. The summed E-state index contributed by atoms with van der Waals surface area (Å²) >= 11 is 6.59. The van der Waals surface area contributed by atoms with Crippen LogP contribution in [0, 0.1) is 0 Å². The number of likely N-dealkylation sites (N-methyl/N-ethyl adjacent to an activating group) is 1. The van der Waals surface area contributed by atoms with Gasteiger partial charge in [0, 0.05) is 51.5 Å². The number of amides is 3. The summed E-state index contributed by atoms with van der Waals surface area (Å²) in [5.41, 5.74) is 1.45. The predicted molar refractivity (Wildman–Crippen MR) is 145 cm³/mol. The number of hydrogen-bond donors (Lipinski definition) is 0. The fraction of sp³-hybridized carbons (Fsp3) is 0.500. The van der Waals surface area contributed by atoms with E-state index < -0.39 is 0 Å². The SMILES string of the molecule is CCCCCOc1nc(N2CCCN(Cc3ccnc4c3c(Cl)cn4CC(=O)N(C)C)C2=O)ncc1OC. The highest BCUT2D eigenvalue weighted by Crippen LogP contribution is 2.31. The van der Waals surface area contributed by atoms with Gasteiger partial charge in [-0.1, -0.05) is 31.4 Å². The van der Waals surface area contributed by atoms with Gasteiger partial charge in [-0.3, -0.25) is 9.69 Å². The number of anilines is 1. The monoisotopic (exact) mass is 543 g/mol. The molecular formula is C26H34ClN7O4. The van der Waals surface area contributed by atoms with Crippen molar-refractivity contribution in [3.63, 3.8) is 0 Å². The third kappa shape index (κ3) is 5.93. The number of halogens is 1. The second-order valence-corrected chi connectivity index (χ2v) is 9.78. The van der Waals surface area contributed by atoms with Crippen molar-refractivity contribution in [1.29, 1.82) is 0 Å². The molecule has 38 heavy (non-hydrogen) atoms. The number of methoxy groups -OCH3 is 1. The van der Waals surface area contributed by atoms with E-state index in [0.717, 1.165) is 36.6 Å². The largest absolute Gasteiger partial charge is 0.490 e. The molecule has 0 unspecified atom stereocenters. The molecule has 0 spiro atoms. The normalized spacial score (nSPS) is 13.8. The lowest BCUT2D eigenvalue weighted by molar-refractivity contribution is -0.129. The molecule has 1 aliphatic rings. The maximum Gasteiger partial charge on any atom is 0.327 e.